The number of pyridine rings is 1. The van der Waals surface area contributed by atoms with E-state index in [9.17, 15) is 18.4 Å². The number of nitrogens with zero attached hydrogens (tertiary/aromatic N) is 3. The number of para-hydroxylation sites is 1. The van der Waals surface area contributed by atoms with Crippen LogP contribution in [0, 0.1) is 6.92 Å². The number of aryl methyl sites for hydroxylation is 1. The predicted molar refractivity (Wildman–Crippen MR) is 122 cm³/mol. The van der Waals surface area contributed by atoms with Crippen LogP contribution in [0.1, 0.15) is 5.56 Å². The Labute approximate surface area is 195 Å². The molecule has 0 fully saturated rings. The fraction of sp³-hybridized carbons (Fsp3) is 0.130. The molecule has 0 saturated heterocycles. The van der Waals surface area contributed by atoms with Crippen molar-refractivity contribution in [2.45, 2.75) is 18.4 Å². The molecule has 0 aliphatic carbocycles. The molecule has 0 saturated carbocycles. The van der Waals surface area contributed by atoms with Crippen molar-refractivity contribution in [1.29, 1.82) is 0 Å². The van der Waals surface area contributed by atoms with E-state index in [1.54, 1.807) is 36.5 Å². The molecule has 0 unspecified atom stereocenters. The number of rotatable bonds is 5. The summed E-state index contributed by atoms with van der Waals surface area (Å²) in [6.45, 7) is 1.83. The van der Waals surface area contributed by atoms with Crippen LogP contribution in [0.25, 0.3) is 16.7 Å². The monoisotopic (exact) mass is 482 g/mol. The minimum atomic E-state index is -3.74. The molecule has 1 N–H and O–H groups in total. The van der Waals surface area contributed by atoms with Crippen LogP contribution in [0.5, 0.6) is 11.5 Å². The molecule has 1 amide bonds. The minimum absolute atomic E-state index is 0.0960. The highest BCUT2D eigenvalue weighted by molar-refractivity contribution is 7.99. The van der Waals surface area contributed by atoms with Crippen LogP contribution >= 0.6 is 11.8 Å². The SMILES string of the molecule is Cc1cccnc1-n1c(SCC(=O)Nc2ccc3c(c2)OC(F)(F)O3)nc2ccccc2c1=O. The van der Waals surface area contributed by atoms with Gasteiger partial charge in [-0.1, -0.05) is 30.0 Å². The number of thioether (sulfide) groups is 1. The molecule has 1 aliphatic heterocycles. The summed E-state index contributed by atoms with van der Waals surface area (Å²) in [4.78, 5) is 34.8. The highest BCUT2D eigenvalue weighted by Gasteiger charge is 2.43. The number of nitrogens with one attached hydrogen (secondary N) is 1. The molecular formula is C23H16F2N4O4S. The molecule has 5 rings (SSSR count). The Balaban J connectivity index is 1.41. The van der Waals surface area contributed by atoms with Crippen molar-refractivity contribution in [2.24, 2.45) is 0 Å². The Morgan fingerprint density at radius 1 is 1.12 bits per heavy atom. The van der Waals surface area contributed by atoms with E-state index in [1.165, 1.54) is 22.8 Å². The fourth-order valence-electron chi connectivity index (χ4n) is 3.46. The van der Waals surface area contributed by atoms with Gasteiger partial charge in [-0.3, -0.25) is 9.59 Å². The van der Waals surface area contributed by atoms with Gasteiger partial charge >= 0.3 is 6.29 Å². The van der Waals surface area contributed by atoms with E-state index in [0.29, 0.717) is 21.9 Å². The Hall–Kier alpha value is -3.99. The Morgan fingerprint density at radius 3 is 2.74 bits per heavy atom. The second-order valence-corrected chi connectivity index (χ2v) is 8.30. The van der Waals surface area contributed by atoms with E-state index in [2.05, 4.69) is 24.8 Å². The van der Waals surface area contributed by atoms with Gasteiger partial charge in [0.15, 0.2) is 16.7 Å². The summed E-state index contributed by atoms with van der Waals surface area (Å²) in [5.41, 5.74) is 1.23. The summed E-state index contributed by atoms with van der Waals surface area (Å²) < 4.78 is 36.6. The largest absolute Gasteiger partial charge is 0.586 e. The lowest BCUT2D eigenvalue weighted by Crippen LogP contribution is -2.25. The number of ether oxygens (including phenoxy) is 2. The maximum absolute atomic E-state index is 13.3. The number of carbonyl (C=O) groups is 1. The van der Waals surface area contributed by atoms with Crippen LogP contribution in [0.2, 0.25) is 0 Å². The molecule has 1 aliphatic rings. The van der Waals surface area contributed by atoms with Crippen LogP contribution in [-0.4, -0.2) is 32.5 Å². The number of benzene rings is 2. The highest BCUT2D eigenvalue weighted by Crippen LogP contribution is 2.42. The summed E-state index contributed by atoms with van der Waals surface area (Å²) in [7, 11) is 0. The zero-order valence-electron chi connectivity index (χ0n) is 17.6. The first-order chi connectivity index (χ1) is 16.3. The second-order valence-electron chi connectivity index (χ2n) is 7.36. The van der Waals surface area contributed by atoms with E-state index in [0.717, 1.165) is 17.3 Å². The standard InChI is InChI=1S/C23H16F2N4O4S/c1-13-5-4-10-26-20(13)29-21(31)15-6-2-3-7-16(15)28-22(29)34-12-19(30)27-14-8-9-17-18(11-14)33-23(24,25)32-17/h2-11H,12H2,1H3,(H,27,30). The smallest absolute Gasteiger partial charge is 0.395 e. The number of halogens is 2. The zero-order chi connectivity index (χ0) is 23.9. The number of hydrogen-bond donors (Lipinski definition) is 1. The average molecular weight is 482 g/mol. The van der Waals surface area contributed by atoms with Gasteiger partial charge in [0.25, 0.3) is 5.56 Å². The van der Waals surface area contributed by atoms with Gasteiger partial charge in [-0.25, -0.2) is 14.5 Å². The molecular weight excluding hydrogens is 466 g/mol. The van der Waals surface area contributed by atoms with Crippen molar-refractivity contribution in [3.63, 3.8) is 0 Å². The Kier molecular flexibility index (Phi) is 5.40. The number of fused-ring (bicyclic) bond motifs is 2. The summed E-state index contributed by atoms with van der Waals surface area (Å²) in [5.74, 6) is -0.396. The molecule has 2 aromatic carbocycles. The maximum atomic E-state index is 13.3. The van der Waals surface area contributed by atoms with Gasteiger partial charge in [0, 0.05) is 18.0 Å². The van der Waals surface area contributed by atoms with Gasteiger partial charge in [0.05, 0.1) is 16.7 Å². The van der Waals surface area contributed by atoms with Crippen LogP contribution in [-0.2, 0) is 4.79 Å². The summed E-state index contributed by atoms with van der Waals surface area (Å²) in [5, 5.41) is 3.35. The minimum Gasteiger partial charge on any atom is -0.395 e. The molecule has 0 bridgehead atoms. The van der Waals surface area contributed by atoms with Crippen LogP contribution in [0.3, 0.4) is 0 Å². The first kappa shape index (κ1) is 21.8. The van der Waals surface area contributed by atoms with Gasteiger partial charge < -0.3 is 14.8 Å². The normalized spacial score (nSPS) is 13.7. The molecule has 0 radical (unpaired) electrons. The number of anilines is 1. The number of amides is 1. The van der Waals surface area contributed by atoms with E-state index >= 15 is 0 Å². The lowest BCUT2D eigenvalue weighted by Gasteiger charge is -2.14. The van der Waals surface area contributed by atoms with Gasteiger partial charge in [-0.2, -0.15) is 0 Å². The summed E-state index contributed by atoms with van der Waals surface area (Å²) >= 11 is 1.06. The van der Waals surface area contributed by atoms with E-state index in [1.807, 2.05) is 13.0 Å². The van der Waals surface area contributed by atoms with Gasteiger partial charge in [0.2, 0.25) is 5.91 Å². The molecule has 0 spiro atoms. The number of hydrogen-bond acceptors (Lipinski definition) is 7. The van der Waals surface area contributed by atoms with Gasteiger partial charge in [-0.15, -0.1) is 8.78 Å². The van der Waals surface area contributed by atoms with Crippen LogP contribution < -0.4 is 20.3 Å². The van der Waals surface area contributed by atoms with Crippen LogP contribution in [0.15, 0.2) is 70.7 Å². The molecule has 2 aromatic heterocycles. The molecule has 4 aromatic rings. The Bertz CT molecular complexity index is 1490. The fourth-order valence-corrected chi connectivity index (χ4v) is 4.26. The predicted octanol–water partition coefficient (Wildman–Crippen LogP) is 4.14. The lowest BCUT2D eigenvalue weighted by atomic mass is 10.2. The molecule has 8 nitrogen and oxygen atoms in total. The third-order valence-corrected chi connectivity index (χ3v) is 5.89. The quantitative estimate of drug-likeness (QED) is 0.337. The molecule has 11 heteroatoms. The zero-order valence-corrected chi connectivity index (χ0v) is 18.4. The topological polar surface area (TPSA) is 95.3 Å². The van der Waals surface area contributed by atoms with Crippen molar-refractivity contribution >= 4 is 34.3 Å². The Morgan fingerprint density at radius 2 is 1.91 bits per heavy atom. The third-order valence-electron chi connectivity index (χ3n) is 4.96. The van der Waals surface area contributed by atoms with E-state index in [-0.39, 0.29) is 28.5 Å². The van der Waals surface area contributed by atoms with E-state index in [4.69, 9.17) is 0 Å². The first-order valence-electron chi connectivity index (χ1n) is 10.1. The number of carbonyl (C=O) groups excluding carboxylic acids is 1. The highest BCUT2D eigenvalue weighted by atomic mass is 32.2. The first-order valence-corrected chi connectivity index (χ1v) is 11.1. The lowest BCUT2D eigenvalue weighted by molar-refractivity contribution is -0.286. The molecule has 3 heterocycles. The van der Waals surface area contributed by atoms with Gasteiger partial charge in [0.1, 0.15) is 5.82 Å². The third kappa shape index (κ3) is 4.17. The van der Waals surface area contributed by atoms with Crippen molar-refractivity contribution < 1.29 is 23.0 Å². The summed E-state index contributed by atoms with van der Waals surface area (Å²) in [6.07, 6.45) is -2.16. The van der Waals surface area contributed by atoms with Crippen molar-refractivity contribution in [1.82, 2.24) is 14.5 Å². The average Bonchev–Trinajstić information content (AvgIpc) is 3.12. The number of aromatic nitrogens is 3. The summed E-state index contributed by atoms with van der Waals surface area (Å²) in [6, 6.07) is 14.5. The molecule has 172 valence electrons. The second kappa shape index (κ2) is 8.41. The van der Waals surface area contributed by atoms with Crippen LogP contribution in [0.4, 0.5) is 14.5 Å². The van der Waals surface area contributed by atoms with E-state index < -0.39 is 12.2 Å². The van der Waals surface area contributed by atoms with Crippen molar-refractivity contribution in [2.75, 3.05) is 11.1 Å². The van der Waals surface area contributed by atoms with Gasteiger partial charge in [-0.05, 0) is 42.8 Å². The molecule has 34 heavy (non-hydrogen) atoms. The maximum Gasteiger partial charge on any atom is 0.586 e. The number of alkyl halides is 2. The van der Waals surface area contributed by atoms with Crippen molar-refractivity contribution in [3.8, 4) is 17.3 Å². The molecule has 0 atom stereocenters. The van der Waals surface area contributed by atoms with Crippen molar-refractivity contribution in [3.05, 3.63) is 76.7 Å².